The van der Waals surface area contributed by atoms with Crippen molar-refractivity contribution in [1.29, 1.82) is 0 Å². The van der Waals surface area contributed by atoms with Crippen LogP contribution in [-0.4, -0.2) is 57.6 Å². The number of rotatable bonds is 7. The molecule has 2 aromatic heterocycles. The second-order valence-corrected chi connectivity index (χ2v) is 9.74. The topological polar surface area (TPSA) is 78.6 Å². The molecule has 2 aliphatic rings. The van der Waals surface area contributed by atoms with Crippen LogP contribution in [0.15, 0.2) is 41.6 Å². The van der Waals surface area contributed by atoms with Crippen LogP contribution in [0.5, 0.6) is 5.75 Å². The molecule has 0 N–H and O–H groups in total. The zero-order valence-corrected chi connectivity index (χ0v) is 21.0. The lowest BCUT2D eigenvalue weighted by molar-refractivity contribution is -0.0267. The lowest BCUT2D eigenvalue weighted by Gasteiger charge is -2.48. The fraction of sp³-hybridized carbons (Fsp3) is 0.444. The fourth-order valence-corrected chi connectivity index (χ4v) is 5.10. The number of fused-ring (bicyclic) bond motifs is 1. The minimum Gasteiger partial charge on any atom is -0.487 e. The van der Waals surface area contributed by atoms with Crippen LogP contribution >= 0.6 is 0 Å². The second kappa shape index (κ2) is 10.1. The second-order valence-electron chi connectivity index (χ2n) is 9.74. The van der Waals surface area contributed by atoms with E-state index in [2.05, 4.69) is 5.10 Å². The molecule has 0 bridgehead atoms. The van der Waals surface area contributed by atoms with E-state index in [9.17, 15) is 18.4 Å². The van der Waals surface area contributed by atoms with Crippen LogP contribution in [0.3, 0.4) is 0 Å². The Hall–Kier alpha value is -3.53. The van der Waals surface area contributed by atoms with Crippen molar-refractivity contribution in [3.8, 4) is 16.9 Å². The number of halogens is 2. The largest absolute Gasteiger partial charge is 0.487 e. The molecule has 2 aliphatic heterocycles. The van der Waals surface area contributed by atoms with Crippen molar-refractivity contribution in [3.05, 3.63) is 69.9 Å². The van der Waals surface area contributed by atoms with Crippen LogP contribution in [-0.2, 0) is 17.8 Å². The Labute approximate surface area is 213 Å². The molecule has 0 saturated carbocycles. The van der Waals surface area contributed by atoms with Gasteiger partial charge in [-0.25, -0.2) is 8.78 Å². The third-order valence-electron chi connectivity index (χ3n) is 7.38. The summed E-state index contributed by atoms with van der Waals surface area (Å²) in [7, 11) is 1.78. The number of benzene rings is 1. The number of aromatic nitrogens is 3. The average Bonchev–Trinajstić information content (AvgIpc) is 3.35. The highest BCUT2D eigenvalue weighted by Gasteiger charge is 2.45. The summed E-state index contributed by atoms with van der Waals surface area (Å²) in [6.07, 6.45) is 7.90. The summed E-state index contributed by atoms with van der Waals surface area (Å²) in [5, 5.41) is 4.30. The van der Waals surface area contributed by atoms with E-state index in [0.717, 1.165) is 18.9 Å². The molecular weight excluding hydrogens is 482 g/mol. The minimum absolute atomic E-state index is 0.0436. The summed E-state index contributed by atoms with van der Waals surface area (Å²) >= 11 is 0. The lowest BCUT2D eigenvalue weighted by atomic mass is 9.85. The number of pyridine rings is 1. The first-order valence-electron chi connectivity index (χ1n) is 12.6. The first kappa shape index (κ1) is 25.1. The summed E-state index contributed by atoms with van der Waals surface area (Å²) < 4.78 is 42.3. The molecule has 4 heterocycles. The van der Waals surface area contributed by atoms with Gasteiger partial charge in [-0.2, -0.15) is 5.10 Å². The molecule has 0 aliphatic carbocycles. The van der Waals surface area contributed by atoms with Crippen LogP contribution in [0.1, 0.15) is 48.7 Å². The molecule has 0 unspecified atom stereocenters. The van der Waals surface area contributed by atoms with Gasteiger partial charge >= 0.3 is 0 Å². The zero-order valence-electron chi connectivity index (χ0n) is 21.0. The molecule has 1 amide bonds. The molecule has 1 spiro atoms. The van der Waals surface area contributed by atoms with E-state index in [4.69, 9.17) is 9.47 Å². The van der Waals surface area contributed by atoms with Gasteiger partial charge in [0, 0.05) is 56.4 Å². The maximum absolute atomic E-state index is 14.2. The molecular formula is C27H30F2N4O4. The molecule has 10 heteroatoms. The Bertz CT molecular complexity index is 1380. The van der Waals surface area contributed by atoms with Crippen molar-refractivity contribution < 1.29 is 23.0 Å². The van der Waals surface area contributed by atoms with Gasteiger partial charge in [-0.3, -0.25) is 14.3 Å². The number of hydrogen-bond acceptors (Lipinski definition) is 5. The van der Waals surface area contributed by atoms with Crippen molar-refractivity contribution in [3.63, 3.8) is 0 Å². The van der Waals surface area contributed by atoms with Gasteiger partial charge in [0.1, 0.15) is 11.6 Å². The van der Waals surface area contributed by atoms with Crippen molar-refractivity contribution in [2.45, 2.75) is 51.2 Å². The summed E-state index contributed by atoms with van der Waals surface area (Å²) in [6.45, 7) is 4.06. The van der Waals surface area contributed by atoms with E-state index in [1.165, 1.54) is 23.0 Å². The summed E-state index contributed by atoms with van der Waals surface area (Å²) in [4.78, 5) is 29.0. The number of ether oxygens (including phenoxy) is 2. The van der Waals surface area contributed by atoms with Gasteiger partial charge in [-0.05, 0) is 25.3 Å². The summed E-state index contributed by atoms with van der Waals surface area (Å²) in [5.41, 5.74) is 0.609. The van der Waals surface area contributed by atoms with E-state index in [1.54, 1.807) is 24.3 Å². The highest BCUT2D eigenvalue weighted by atomic mass is 19.1. The van der Waals surface area contributed by atoms with Gasteiger partial charge in [0.05, 0.1) is 30.5 Å². The first-order valence-corrected chi connectivity index (χ1v) is 12.6. The van der Waals surface area contributed by atoms with Gasteiger partial charge < -0.3 is 18.9 Å². The first-order chi connectivity index (χ1) is 17.8. The Morgan fingerprint density at radius 2 is 1.95 bits per heavy atom. The smallest absolute Gasteiger partial charge is 0.274 e. The van der Waals surface area contributed by atoms with Crippen molar-refractivity contribution in [1.82, 2.24) is 19.2 Å². The fourth-order valence-electron chi connectivity index (χ4n) is 5.10. The molecule has 3 aromatic rings. The third kappa shape index (κ3) is 4.66. The molecule has 0 radical (unpaired) electrons. The highest BCUT2D eigenvalue weighted by molar-refractivity contribution is 5.97. The van der Waals surface area contributed by atoms with Crippen LogP contribution < -0.4 is 10.2 Å². The predicted octanol–water partition coefficient (Wildman–Crippen LogP) is 3.85. The Morgan fingerprint density at radius 3 is 2.68 bits per heavy atom. The number of nitrogens with zero attached hydrogens (tertiary/aromatic N) is 4. The van der Waals surface area contributed by atoms with Crippen molar-refractivity contribution in [2.75, 3.05) is 26.9 Å². The lowest BCUT2D eigenvalue weighted by Crippen LogP contribution is -2.59. The Balaban J connectivity index is 1.55. The van der Waals surface area contributed by atoms with Crippen molar-refractivity contribution >= 4 is 5.91 Å². The van der Waals surface area contributed by atoms with E-state index >= 15 is 0 Å². The quantitative estimate of drug-likeness (QED) is 0.450. The summed E-state index contributed by atoms with van der Waals surface area (Å²) in [5.74, 6) is -1.52. The van der Waals surface area contributed by atoms with Crippen molar-refractivity contribution in [2.24, 2.45) is 0 Å². The number of carbonyl (C=O) groups is 1. The maximum atomic E-state index is 14.2. The minimum atomic E-state index is -0.665. The van der Waals surface area contributed by atoms with E-state index in [0.29, 0.717) is 50.3 Å². The normalized spacial score (nSPS) is 16.8. The number of carbonyl (C=O) groups excluding carboxylic acids is 1. The standard InChI is InChI=1S/C27H30F2N4O4/c1-3-4-9-37-25-23-26(35)31(2)27(7-10-36-11-8-27)17-32(23)16-21(24(25)34)19-13-30-33(15-19)14-18-5-6-20(28)12-22(18)29/h5-6,12-13,15-16H,3-4,7-11,14,17H2,1-2H3. The molecule has 8 nitrogen and oxygen atoms in total. The maximum Gasteiger partial charge on any atom is 0.274 e. The average molecular weight is 513 g/mol. The monoisotopic (exact) mass is 512 g/mol. The van der Waals surface area contributed by atoms with E-state index in [-0.39, 0.29) is 34.9 Å². The Kier molecular flexibility index (Phi) is 6.85. The summed E-state index contributed by atoms with van der Waals surface area (Å²) in [6, 6.07) is 3.39. The molecule has 196 valence electrons. The SMILES string of the molecule is CCCCOc1c2n(cc(-c3cnn(Cc4ccc(F)cc4F)c3)c1=O)CC1(CCOCC1)N(C)C2=O. The molecule has 5 rings (SSSR count). The highest BCUT2D eigenvalue weighted by Crippen LogP contribution is 2.37. The molecule has 1 saturated heterocycles. The van der Waals surface area contributed by atoms with E-state index < -0.39 is 17.2 Å². The number of unbranched alkanes of at least 4 members (excludes halogenated alkanes) is 1. The number of hydrogen-bond donors (Lipinski definition) is 0. The molecule has 1 aromatic carbocycles. The number of amides is 1. The van der Waals surface area contributed by atoms with Gasteiger partial charge in [-0.1, -0.05) is 19.4 Å². The van der Waals surface area contributed by atoms with Gasteiger partial charge in [0.15, 0.2) is 11.4 Å². The van der Waals surface area contributed by atoms with Gasteiger partial charge in [-0.15, -0.1) is 0 Å². The number of likely N-dealkylation sites (N-methyl/N-ethyl adjacent to an activating group) is 1. The predicted molar refractivity (Wildman–Crippen MR) is 133 cm³/mol. The van der Waals surface area contributed by atoms with Gasteiger partial charge in [0.2, 0.25) is 5.43 Å². The molecule has 1 fully saturated rings. The van der Waals surface area contributed by atoms with Crippen LogP contribution in [0.2, 0.25) is 0 Å². The van der Waals surface area contributed by atoms with Crippen LogP contribution in [0.4, 0.5) is 8.78 Å². The van der Waals surface area contributed by atoms with Crippen LogP contribution in [0, 0.1) is 11.6 Å². The van der Waals surface area contributed by atoms with Gasteiger partial charge in [0.25, 0.3) is 5.91 Å². The molecule has 0 atom stereocenters. The van der Waals surface area contributed by atoms with E-state index in [1.807, 2.05) is 11.5 Å². The Morgan fingerprint density at radius 1 is 1.16 bits per heavy atom. The van der Waals surface area contributed by atoms with Crippen LogP contribution in [0.25, 0.3) is 11.1 Å². The molecule has 37 heavy (non-hydrogen) atoms. The zero-order chi connectivity index (χ0) is 26.2. The third-order valence-corrected chi connectivity index (χ3v) is 7.38.